The van der Waals surface area contributed by atoms with Gasteiger partial charge in [-0.2, -0.15) is 5.10 Å². The number of carbonyl (C=O) groups is 2. The second kappa shape index (κ2) is 7.78. The fourth-order valence-corrected chi connectivity index (χ4v) is 5.16. The number of aromatic nitrogens is 2. The molecule has 0 bridgehead atoms. The van der Waals surface area contributed by atoms with Gasteiger partial charge in [-0.25, -0.2) is 9.31 Å². The van der Waals surface area contributed by atoms with Crippen LogP contribution in [0.4, 0.5) is 10.5 Å². The zero-order valence-corrected chi connectivity index (χ0v) is 16.8. The van der Waals surface area contributed by atoms with E-state index >= 15 is 0 Å². The fraction of sp³-hybridized carbons (Fsp3) is 0.591. The lowest BCUT2D eigenvalue weighted by atomic mass is 9.86. The number of anilines is 1. The molecule has 7 heteroatoms. The van der Waals surface area contributed by atoms with Gasteiger partial charge in [-0.3, -0.25) is 15.0 Å². The number of nitrogens with one attached hydrogen (secondary N) is 1. The van der Waals surface area contributed by atoms with Crippen LogP contribution in [0.25, 0.3) is 5.52 Å². The SMILES string of the molecule is O=C1CCN(c2cnn3ccc(CC4CN(CC5CCCCC5)C4)cc23)C(=O)N1. The minimum Gasteiger partial charge on any atom is -0.302 e. The molecule has 2 aromatic rings. The number of imide groups is 1. The zero-order valence-electron chi connectivity index (χ0n) is 16.8. The summed E-state index contributed by atoms with van der Waals surface area (Å²) in [6, 6.07) is 3.92. The number of rotatable bonds is 5. The number of hydrogen-bond acceptors (Lipinski definition) is 4. The topological polar surface area (TPSA) is 70.0 Å². The van der Waals surface area contributed by atoms with Crippen LogP contribution >= 0.6 is 0 Å². The largest absolute Gasteiger partial charge is 0.328 e. The van der Waals surface area contributed by atoms with Crippen LogP contribution in [0.5, 0.6) is 0 Å². The summed E-state index contributed by atoms with van der Waals surface area (Å²) in [4.78, 5) is 27.9. The van der Waals surface area contributed by atoms with Crippen LogP contribution in [0, 0.1) is 11.8 Å². The standard InChI is InChI=1S/C22H29N5O2/c28-21-7-8-26(22(29)24-21)20-12-23-27-9-6-17(11-19(20)27)10-18-14-25(15-18)13-16-4-2-1-3-5-16/h6,9,11-12,16,18H,1-5,7-8,10,13-15H2,(H,24,28,29). The van der Waals surface area contributed by atoms with Gasteiger partial charge in [-0.15, -0.1) is 0 Å². The second-order valence-corrected chi connectivity index (χ2v) is 8.94. The van der Waals surface area contributed by atoms with Crippen LogP contribution in [0.15, 0.2) is 24.5 Å². The molecule has 2 saturated heterocycles. The van der Waals surface area contributed by atoms with Crippen LogP contribution in [0.2, 0.25) is 0 Å². The number of amides is 3. The highest BCUT2D eigenvalue weighted by molar-refractivity contribution is 6.07. The minimum atomic E-state index is -0.362. The van der Waals surface area contributed by atoms with Crippen molar-refractivity contribution in [3.05, 3.63) is 30.1 Å². The summed E-state index contributed by atoms with van der Waals surface area (Å²) in [7, 11) is 0. The first-order valence-electron chi connectivity index (χ1n) is 11.0. The van der Waals surface area contributed by atoms with E-state index in [1.165, 1.54) is 57.3 Å². The Hall–Kier alpha value is -2.41. The van der Waals surface area contributed by atoms with E-state index in [9.17, 15) is 9.59 Å². The van der Waals surface area contributed by atoms with Crippen LogP contribution in [0.3, 0.4) is 0 Å². The number of nitrogens with zero attached hydrogens (tertiary/aromatic N) is 4. The lowest BCUT2D eigenvalue weighted by Crippen LogP contribution is -2.49. The quantitative estimate of drug-likeness (QED) is 0.845. The molecule has 3 fully saturated rings. The summed E-state index contributed by atoms with van der Waals surface area (Å²) in [6.07, 6.45) is 12.2. The number of pyridine rings is 1. The van der Waals surface area contributed by atoms with E-state index in [2.05, 4.69) is 27.4 Å². The van der Waals surface area contributed by atoms with Crippen LogP contribution in [0.1, 0.15) is 44.1 Å². The predicted molar refractivity (Wildman–Crippen MR) is 111 cm³/mol. The highest BCUT2D eigenvalue weighted by Crippen LogP contribution is 2.29. The lowest BCUT2D eigenvalue weighted by Gasteiger charge is -2.42. The predicted octanol–water partition coefficient (Wildman–Crippen LogP) is 2.84. The van der Waals surface area contributed by atoms with Crippen molar-refractivity contribution < 1.29 is 9.59 Å². The molecular formula is C22H29N5O2. The maximum absolute atomic E-state index is 12.2. The van der Waals surface area contributed by atoms with E-state index < -0.39 is 0 Å². The highest BCUT2D eigenvalue weighted by atomic mass is 16.2. The third kappa shape index (κ3) is 3.88. The van der Waals surface area contributed by atoms with Gasteiger partial charge in [0.1, 0.15) is 0 Å². The van der Waals surface area contributed by atoms with Crippen molar-refractivity contribution in [2.24, 2.45) is 11.8 Å². The normalized spacial score (nSPS) is 22.1. The monoisotopic (exact) mass is 395 g/mol. The Morgan fingerprint density at radius 2 is 1.93 bits per heavy atom. The molecule has 7 nitrogen and oxygen atoms in total. The van der Waals surface area contributed by atoms with E-state index in [0.717, 1.165) is 23.5 Å². The molecule has 29 heavy (non-hydrogen) atoms. The maximum Gasteiger partial charge on any atom is 0.328 e. The Labute approximate surface area is 171 Å². The molecule has 2 aliphatic heterocycles. The number of carbonyl (C=O) groups excluding carboxylic acids is 2. The van der Waals surface area contributed by atoms with Gasteiger partial charge in [0.25, 0.3) is 0 Å². The Bertz CT molecular complexity index is 911. The first-order valence-corrected chi connectivity index (χ1v) is 11.0. The second-order valence-electron chi connectivity index (χ2n) is 8.94. The van der Waals surface area contributed by atoms with Crippen molar-refractivity contribution in [1.82, 2.24) is 19.8 Å². The number of hydrogen-bond donors (Lipinski definition) is 1. The first-order chi connectivity index (χ1) is 14.2. The van der Waals surface area contributed by atoms with Gasteiger partial charge in [0.15, 0.2) is 0 Å². The number of likely N-dealkylation sites (tertiary alicyclic amines) is 1. The number of fused-ring (bicyclic) bond motifs is 1. The molecule has 1 aliphatic carbocycles. The molecule has 0 unspecified atom stereocenters. The fourth-order valence-electron chi connectivity index (χ4n) is 5.16. The maximum atomic E-state index is 12.2. The van der Waals surface area contributed by atoms with E-state index in [1.807, 2.05) is 6.20 Å². The molecule has 5 rings (SSSR count). The van der Waals surface area contributed by atoms with Crippen molar-refractivity contribution in [1.29, 1.82) is 0 Å². The van der Waals surface area contributed by atoms with Gasteiger partial charge in [0, 0.05) is 38.8 Å². The molecule has 0 atom stereocenters. The summed E-state index contributed by atoms with van der Waals surface area (Å²) in [5, 5.41) is 6.77. The summed E-state index contributed by atoms with van der Waals surface area (Å²) in [5.74, 6) is 1.41. The van der Waals surface area contributed by atoms with Gasteiger partial charge in [-0.1, -0.05) is 19.3 Å². The molecule has 154 valence electrons. The first kappa shape index (κ1) is 18.6. The summed E-state index contributed by atoms with van der Waals surface area (Å²) >= 11 is 0. The van der Waals surface area contributed by atoms with Gasteiger partial charge in [-0.05, 0) is 48.8 Å². The molecular weight excluding hydrogens is 366 g/mol. The molecule has 3 amide bonds. The number of urea groups is 1. The van der Waals surface area contributed by atoms with Crippen LogP contribution < -0.4 is 10.2 Å². The van der Waals surface area contributed by atoms with Crippen LogP contribution in [-0.2, 0) is 11.2 Å². The van der Waals surface area contributed by atoms with Gasteiger partial charge in [0.05, 0.1) is 17.4 Å². The third-order valence-electron chi connectivity index (χ3n) is 6.71. The third-order valence-corrected chi connectivity index (χ3v) is 6.71. The minimum absolute atomic E-state index is 0.217. The lowest BCUT2D eigenvalue weighted by molar-refractivity contribution is -0.120. The van der Waals surface area contributed by atoms with E-state index in [1.54, 1.807) is 15.6 Å². The average molecular weight is 396 g/mol. The Balaban J connectivity index is 1.23. The van der Waals surface area contributed by atoms with Crippen molar-refractivity contribution >= 4 is 23.1 Å². The van der Waals surface area contributed by atoms with Crippen molar-refractivity contribution in [2.75, 3.05) is 31.1 Å². The van der Waals surface area contributed by atoms with Gasteiger partial charge in [0.2, 0.25) is 5.91 Å². The molecule has 0 radical (unpaired) electrons. The van der Waals surface area contributed by atoms with Crippen LogP contribution in [-0.4, -0.2) is 52.6 Å². The van der Waals surface area contributed by atoms with E-state index in [0.29, 0.717) is 18.9 Å². The Morgan fingerprint density at radius 3 is 2.72 bits per heavy atom. The molecule has 1 saturated carbocycles. The zero-order chi connectivity index (χ0) is 19.8. The molecule has 0 aromatic carbocycles. The molecule has 0 spiro atoms. The average Bonchev–Trinajstić information content (AvgIpc) is 3.10. The van der Waals surface area contributed by atoms with Gasteiger partial charge >= 0.3 is 6.03 Å². The molecule has 4 heterocycles. The molecule has 1 N–H and O–H groups in total. The van der Waals surface area contributed by atoms with Crippen molar-refractivity contribution in [3.8, 4) is 0 Å². The molecule has 3 aliphatic rings. The smallest absolute Gasteiger partial charge is 0.302 e. The summed E-state index contributed by atoms with van der Waals surface area (Å²) in [6.45, 7) is 4.08. The molecule has 2 aromatic heterocycles. The van der Waals surface area contributed by atoms with E-state index in [4.69, 9.17) is 0 Å². The van der Waals surface area contributed by atoms with Crippen molar-refractivity contribution in [2.45, 2.75) is 44.9 Å². The van der Waals surface area contributed by atoms with Gasteiger partial charge < -0.3 is 4.90 Å². The van der Waals surface area contributed by atoms with Crippen molar-refractivity contribution in [3.63, 3.8) is 0 Å². The Morgan fingerprint density at radius 1 is 1.10 bits per heavy atom. The summed E-state index contributed by atoms with van der Waals surface area (Å²) in [5.41, 5.74) is 2.98. The van der Waals surface area contributed by atoms with E-state index in [-0.39, 0.29) is 11.9 Å². The highest BCUT2D eigenvalue weighted by Gasteiger charge is 2.30. The Kier molecular flexibility index (Phi) is 4.99. The summed E-state index contributed by atoms with van der Waals surface area (Å²) < 4.78 is 1.80.